The van der Waals surface area contributed by atoms with Crippen molar-refractivity contribution in [1.29, 1.82) is 0 Å². The Kier molecular flexibility index (Phi) is 3.33. The quantitative estimate of drug-likeness (QED) is 0.523. The van der Waals surface area contributed by atoms with E-state index in [-0.39, 0.29) is 6.42 Å². The highest BCUT2D eigenvalue weighted by atomic mass is 35.6. The second kappa shape index (κ2) is 3.81. The van der Waals surface area contributed by atoms with Crippen LogP contribution in [0.3, 0.4) is 0 Å². The van der Waals surface area contributed by atoms with Crippen molar-refractivity contribution < 1.29 is 14.6 Å². The Morgan fingerprint density at radius 1 is 1.54 bits per heavy atom. The third kappa shape index (κ3) is 2.62. The Bertz CT molecular complexity index is 214. The predicted octanol–water partition coefficient (Wildman–Crippen LogP) is 1.67. The summed E-state index contributed by atoms with van der Waals surface area (Å²) >= 11 is 16.6. The molecule has 0 amide bonds. The first kappa shape index (κ1) is 11.4. The van der Waals surface area contributed by atoms with Gasteiger partial charge in [-0.2, -0.15) is 0 Å². The molecule has 1 heterocycles. The number of hydrogen-bond donors (Lipinski definition) is 1. The molecule has 0 radical (unpaired) electrons. The molecular weight excluding hydrogens is 238 g/mol. The number of carbonyl (C=O) groups excluding carboxylic acids is 1. The van der Waals surface area contributed by atoms with Gasteiger partial charge in [0.1, 0.15) is 0 Å². The zero-order valence-corrected chi connectivity index (χ0v) is 9.10. The van der Waals surface area contributed by atoms with Crippen LogP contribution >= 0.6 is 34.8 Å². The molecule has 0 saturated carbocycles. The van der Waals surface area contributed by atoms with Gasteiger partial charge in [-0.25, -0.2) is 0 Å². The first-order valence-electron chi connectivity index (χ1n) is 3.77. The number of aliphatic hydroxyl groups excluding tert-OH is 1. The Hall–Kier alpha value is 0.300. The number of esters is 1. The number of hydrogen-bond acceptors (Lipinski definition) is 3. The van der Waals surface area contributed by atoms with Gasteiger partial charge in [0.05, 0.1) is 12.0 Å². The van der Waals surface area contributed by atoms with Gasteiger partial charge in [-0.15, -0.1) is 0 Å². The van der Waals surface area contributed by atoms with E-state index in [1.165, 1.54) is 0 Å². The number of aliphatic hydroxyl groups is 1. The Morgan fingerprint density at radius 2 is 2.08 bits per heavy atom. The van der Waals surface area contributed by atoms with Crippen molar-refractivity contribution in [3.05, 3.63) is 0 Å². The standard InChI is InChI=1S/C7H9Cl3O3/c1-3-4(11)2-5(7(8,9)10)13-6(3)12/h3-5,11H,2H2,1H3/t3-,4+,5+/m0/s1. The van der Waals surface area contributed by atoms with Crippen LogP contribution in [0.25, 0.3) is 0 Å². The summed E-state index contributed by atoms with van der Waals surface area (Å²) in [5.41, 5.74) is 0. The molecular formula is C7H9Cl3O3. The summed E-state index contributed by atoms with van der Waals surface area (Å²) in [4.78, 5) is 11.1. The van der Waals surface area contributed by atoms with E-state index >= 15 is 0 Å². The highest BCUT2D eigenvalue weighted by molar-refractivity contribution is 6.68. The first-order valence-corrected chi connectivity index (χ1v) is 4.91. The smallest absolute Gasteiger partial charge is 0.311 e. The monoisotopic (exact) mass is 246 g/mol. The highest BCUT2D eigenvalue weighted by Gasteiger charge is 2.44. The number of rotatable bonds is 0. The van der Waals surface area contributed by atoms with Crippen LogP contribution in [0.4, 0.5) is 0 Å². The molecule has 1 fully saturated rings. The van der Waals surface area contributed by atoms with E-state index in [4.69, 9.17) is 39.5 Å². The molecule has 1 saturated heterocycles. The Balaban J connectivity index is 2.69. The van der Waals surface area contributed by atoms with Crippen molar-refractivity contribution in [2.75, 3.05) is 0 Å². The summed E-state index contributed by atoms with van der Waals surface area (Å²) in [5, 5.41) is 9.41. The fourth-order valence-corrected chi connectivity index (χ4v) is 1.48. The Morgan fingerprint density at radius 3 is 2.46 bits per heavy atom. The van der Waals surface area contributed by atoms with Crippen molar-refractivity contribution in [3.8, 4) is 0 Å². The molecule has 0 spiro atoms. The minimum absolute atomic E-state index is 0.156. The van der Waals surface area contributed by atoms with E-state index in [1.54, 1.807) is 6.92 Å². The number of ether oxygens (including phenoxy) is 1. The van der Waals surface area contributed by atoms with Crippen LogP contribution in [-0.2, 0) is 9.53 Å². The normalized spacial score (nSPS) is 35.8. The van der Waals surface area contributed by atoms with Crippen LogP contribution in [0.5, 0.6) is 0 Å². The van der Waals surface area contributed by atoms with Gasteiger partial charge >= 0.3 is 5.97 Å². The van der Waals surface area contributed by atoms with Crippen molar-refractivity contribution in [1.82, 2.24) is 0 Å². The number of cyclic esters (lactones) is 1. The van der Waals surface area contributed by atoms with Crippen LogP contribution < -0.4 is 0 Å². The summed E-state index contributed by atoms with van der Waals surface area (Å²) in [5.74, 6) is -1.08. The molecule has 0 aliphatic carbocycles. The van der Waals surface area contributed by atoms with Crippen molar-refractivity contribution in [2.24, 2.45) is 5.92 Å². The van der Waals surface area contributed by atoms with Gasteiger partial charge in [-0.3, -0.25) is 4.79 Å². The van der Waals surface area contributed by atoms with E-state index in [2.05, 4.69) is 0 Å². The lowest BCUT2D eigenvalue weighted by molar-refractivity contribution is -0.168. The zero-order chi connectivity index (χ0) is 10.2. The van der Waals surface area contributed by atoms with Crippen molar-refractivity contribution in [2.45, 2.75) is 29.3 Å². The van der Waals surface area contributed by atoms with Gasteiger partial charge in [-0.05, 0) is 6.92 Å². The topological polar surface area (TPSA) is 46.5 Å². The van der Waals surface area contributed by atoms with Crippen LogP contribution in [0.1, 0.15) is 13.3 Å². The van der Waals surface area contributed by atoms with Crippen molar-refractivity contribution in [3.63, 3.8) is 0 Å². The molecule has 0 bridgehead atoms. The molecule has 1 aliphatic rings. The van der Waals surface area contributed by atoms with Gasteiger partial charge in [0.15, 0.2) is 6.10 Å². The van der Waals surface area contributed by atoms with E-state index < -0.39 is 27.9 Å². The molecule has 0 aromatic heterocycles. The predicted molar refractivity (Wildman–Crippen MR) is 50.0 cm³/mol. The number of halogens is 3. The van der Waals surface area contributed by atoms with Crippen molar-refractivity contribution >= 4 is 40.8 Å². The number of carbonyl (C=O) groups is 1. The molecule has 0 aromatic carbocycles. The average molecular weight is 248 g/mol. The fourth-order valence-electron chi connectivity index (χ4n) is 1.08. The van der Waals surface area contributed by atoms with Gasteiger partial charge in [-0.1, -0.05) is 34.8 Å². The van der Waals surface area contributed by atoms with Crippen LogP contribution in [0.15, 0.2) is 0 Å². The first-order chi connectivity index (χ1) is 5.82. The second-order valence-electron chi connectivity index (χ2n) is 3.06. The molecule has 1 rings (SSSR count). The summed E-state index contributed by atoms with van der Waals surface area (Å²) in [6, 6.07) is 0. The van der Waals surface area contributed by atoms with Crippen LogP contribution in [0.2, 0.25) is 0 Å². The zero-order valence-electron chi connectivity index (χ0n) is 6.84. The van der Waals surface area contributed by atoms with E-state index in [0.29, 0.717) is 0 Å². The fraction of sp³-hybridized carbons (Fsp3) is 0.857. The average Bonchev–Trinajstić information content (AvgIpc) is 1.97. The van der Waals surface area contributed by atoms with Gasteiger partial charge < -0.3 is 9.84 Å². The summed E-state index contributed by atoms with van der Waals surface area (Å²) in [7, 11) is 0. The summed E-state index contributed by atoms with van der Waals surface area (Å²) in [6.07, 6.45) is -1.51. The van der Waals surface area contributed by atoms with Gasteiger partial charge in [0, 0.05) is 6.42 Å². The van der Waals surface area contributed by atoms with Crippen LogP contribution in [-0.4, -0.2) is 27.1 Å². The maximum atomic E-state index is 11.1. The molecule has 3 atom stereocenters. The number of alkyl halides is 3. The molecule has 0 aromatic rings. The lowest BCUT2D eigenvalue weighted by Gasteiger charge is -2.33. The molecule has 1 aliphatic heterocycles. The maximum absolute atomic E-state index is 11.1. The largest absolute Gasteiger partial charge is 0.457 e. The lowest BCUT2D eigenvalue weighted by Crippen LogP contribution is -2.45. The summed E-state index contributed by atoms with van der Waals surface area (Å²) < 4.78 is 3.17. The van der Waals surface area contributed by atoms with Gasteiger partial charge in [0.2, 0.25) is 3.79 Å². The second-order valence-corrected chi connectivity index (χ2v) is 5.43. The Labute approximate surface area is 90.9 Å². The van der Waals surface area contributed by atoms with Gasteiger partial charge in [0.25, 0.3) is 0 Å². The molecule has 1 N–H and O–H groups in total. The minimum atomic E-state index is -1.67. The van der Waals surface area contributed by atoms with Crippen LogP contribution in [0, 0.1) is 5.92 Å². The molecule has 3 nitrogen and oxygen atoms in total. The molecule has 0 unspecified atom stereocenters. The maximum Gasteiger partial charge on any atom is 0.311 e. The van der Waals surface area contributed by atoms with E-state index in [1.807, 2.05) is 0 Å². The molecule has 6 heteroatoms. The SMILES string of the molecule is C[C@@H]1C(=O)O[C@@H](C(Cl)(Cl)Cl)C[C@H]1O. The lowest BCUT2D eigenvalue weighted by atomic mass is 9.96. The molecule has 13 heavy (non-hydrogen) atoms. The van der Waals surface area contributed by atoms with E-state index in [0.717, 1.165) is 0 Å². The molecule has 76 valence electrons. The van der Waals surface area contributed by atoms with E-state index in [9.17, 15) is 9.90 Å². The third-order valence-corrected chi connectivity index (χ3v) is 2.76. The summed E-state index contributed by atoms with van der Waals surface area (Å²) in [6.45, 7) is 1.57. The highest BCUT2D eigenvalue weighted by Crippen LogP contribution is 2.38. The minimum Gasteiger partial charge on any atom is -0.457 e. The third-order valence-electron chi connectivity index (χ3n) is 2.03.